The van der Waals surface area contributed by atoms with Crippen molar-refractivity contribution in [3.8, 4) is 11.1 Å². The third kappa shape index (κ3) is 2.70. The lowest BCUT2D eigenvalue weighted by Gasteiger charge is -2.29. The predicted molar refractivity (Wildman–Crippen MR) is 98.5 cm³/mol. The van der Waals surface area contributed by atoms with E-state index in [1.165, 1.54) is 36.8 Å². The van der Waals surface area contributed by atoms with Crippen LogP contribution in [0.25, 0.3) is 11.1 Å². The van der Waals surface area contributed by atoms with Crippen LogP contribution in [0.5, 0.6) is 0 Å². The summed E-state index contributed by atoms with van der Waals surface area (Å²) in [6.07, 6.45) is 9.25. The lowest BCUT2D eigenvalue weighted by Crippen LogP contribution is -2.39. The highest BCUT2D eigenvalue weighted by Crippen LogP contribution is 2.31. The molecule has 0 aliphatic heterocycles. The monoisotopic (exact) mass is 323 g/mol. The van der Waals surface area contributed by atoms with Crippen molar-refractivity contribution < 1.29 is 0 Å². The smallest absolute Gasteiger partial charge is 0.250 e. The number of aryl methyl sites for hydroxylation is 2. The van der Waals surface area contributed by atoms with E-state index >= 15 is 0 Å². The van der Waals surface area contributed by atoms with Crippen LogP contribution in [0.1, 0.15) is 56.6 Å². The Morgan fingerprint density at radius 2 is 1.62 bits per heavy atom. The first-order valence-corrected chi connectivity index (χ1v) is 9.35. The first-order chi connectivity index (χ1) is 11.6. The minimum absolute atomic E-state index is 0.322. The van der Waals surface area contributed by atoms with Crippen molar-refractivity contribution in [3.63, 3.8) is 0 Å². The van der Waals surface area contributed by atoms with E-state index in [2.05, 4.69) is 24.4 Å². The molecule has 0 atom stereocenters. The summed E-state index contributed by atoms with van der Waals surface area (Å²) < 4.78 is 0. The van der Waals surface area contributed by atoms with Crippen molar-refractivity contribution in [1.29, 1.82) is 0 Å². The average Bonchev–Trinajstić information content (AvgIpc) is 2.62. The number of hydrogen-bond acceptors (Lipinski definition) is 3. The van der Waals surface area contributed by atoms with E-state index in [1.807, 2.05) is 6.07 Å². The van der Waals surface area contributed by atoms with Gasteiger partial charge in [-0.2, -0.15) is 0 Å². The number of hydrogen-bond donors (Lipinski definition) is 1. The highest BCUT2D eigenvalue weighted by atomic mass is 16.2. The molecule has 3 nitrogen and oxygen atoms in total. The number of fused-ring (bicyclic) bond motifs is 1. The van der Waals surface area contributed by atoms with Crippen molar-refractivity contribution in [2.45, 2.75) is 64.3 Å². The molecule has 2 aromatic carbocycles. The molecule has 1 saturated carbocycles. The van der Waals surface area contributed by atoms with Crippen molar-refractivity contribution >= 4 is 5.69 Å². The molecule has 24 heavy (non-hydrogen) atoms. The van der Waals surface area contributed by atoms with E-state index in [9.17, 15) is 9.59 Å². The second kappa shape index (κ2) is 6.19. The van der Waals surface area contributed by atoms with Gasteiger partial charge in [-0.3, -0.25) is 9.59 Å². The number of nitrogens with one attached hydrogen (secondary N) is 1. The van der Waals surface area contributed by atoms with Crippen molar-refractivity contribution in [3.05, 3.63) is 49.8 Å². The normalized spacial score (nSPS) is 23.9. The van der Waals surface area contributed by atoms with Gasteiger partial charge >= 0.3 is 0 Å². The lowest BCUT2D eigenvalue weighted by molar-refractivity contribution is 0.361. The maximum Gasteiger partial charge on any atom is 0.250 e. The van der Waals surface area contributed by atoms with Crippen LogP contribution in [0.4, 0.5) is 5.69 Å². The largest absolute Gasteiger partial charge is 0.378 e. The molecule has 0 bridgehead atoms. The molecule has 2 aliphatic rings. The average molecular weight is 323 g/mol. The fourth-order valence-electron chi connectivity index (χ4n) is 4.30. The molecule has 3 heteroatoms. The van der Waals surface area contributed by atoms with Gasteiger partial charge in [-0.15, -0.1) is 0 Å². The molecule has 0 heterocycles. The molecule has 2 aliphatic carbocycles. The summed E-state index contributed by atoms with van der Waals surface area (Å²) in [5.41, 5.74) is 4.21. The third-order valence-corrected chi connectivity index (χ3v) is 5.91. The lowest BCUT2D eigenvalue weighted by atomic mass is 9.86. The molecule has 126 valence electrons. The van der Waals surface area contributed by atoms with Crippen LogP contribution >= 0.6 is 0 Å². The summed E-state index contributed by atoms with van der Waals surface area (Å²) in [5.74, 6) is 0.774. The maximum atomic E-state index is 12.2. The van der Waals surface area contributed by atoms with Crippen molar-refractivity contribution in [2.24, 2.45) is 5.92 Å². The summed E-state index contributed by atoms with van der Waals surface area (Å²) >= 11 is 0. The Balaban J connectivity index is 1.61. The minimum Gasteiger partial charge on any atom is -0.378 e. The summed E-state index contributed by atoms with van der Waals surface area (Å²) in [5, 5.41) is 3.39. The number of benzene rings is 1. The summed E-state index contributed by atoms with van der Waals surface area (Å²) in [7, 11) is 0. The van der Waals surface area contributed by atoms with Gasteiger partial charge in [0, 0.05) is 6.04 Å². The number of rotatable bonds is 3. The van der Waals surface area contributed by atoms with Gasteiger partial charge in [0.05, 0.1) is 11.3 Å². The Bertz CT molecular complexity index is 821. The molecule has 0 radical (unpaired) electrons. The van der Waals surface area contributed by atoms with Crippen molar-refractivity contribution in [1.82, 2.24) is 0 Å². The summed E-state index contributed by atoms with van der Waals surface area (Å²) in [4.78, 5) is 24.3. The Kier molecular flexibility index (Phi) is 4.03. The van der Waals surface area contributed by atoms with Gasteiger partial charge in [-0.25, -0.2) is 0 Å². The van der Waals surface area contributed by atoms with E-state index < -0.39 is 0 Å². The van der Waals surface area contributed by atoms with Crippen LogP contribution in [-0.4, -0.2) is 6.04 Å². The molecule has 0 aromatic heterocycles. The van der Waals surface area contributed by atoms with E-state index in [4.69, 9.17) is 0 Å². The standard InChI is InChI=1S/C21H25NO2/c1-13-6-10-17(11-7-13)22-19-18(20(23)21(19)24)16-9-8-14-4-2-3-5-15(14)12-16/h8-9,12-13,17,22H,2-7,10-11H2,1H3. The predicted octanol–water partition coefficient (Wildman–Crippen LogP) is 3.82. The van der Waals surface area contributed by atoms with Crippen LogP contribution in [0.3, 0.4) is 0 Å². The second-order valence-corrected chi connectivity index (χ2v) is 7.70. The fraction of sp³-hybridized carbons (Fsp3) is 0.524. The Morgan fingerprint density at radius 3 is 2.38 bits per heavy atom. The molecular formula is C21H25NO2. The second-order valence-electron chi connectivity index (χ2n) is 7.70. The quantitative estimate of drug-likeness (QED) is 0.874. The topological polar surface area (TPSA) is 46.2 Å². The van der Waals surface area contributed by atoms with E-state index in [1.54, 1.807) is 0 Å². The van der Waals surface area contributed by atoms with Crippen LogP contribution in [0.2, 0.25) is 0 Å². The van der Waals surface area contributed by atoms with Gasteiger partial charge in [0.25, 0.3) is 0 Å². The van der Waals surface area contributed by atoms with Gasteiger partial charge in [-0.1, -0.05) is 25.1 Å². The molecule has 0 amide bonds. The third-order valence-electron chi connectivity index (χ3n) is 5.91. The first kappa shape index (κ1) is 15.6. The molecule has 0 saturated heterocycles. The van der Waals surface area contributed by atoms with Crippen LogP contribution in [0, 0.1) is 5.92 Å². The Hall–Kier alpha value is -1.90. The van der Waals surface area contributed by atoms with Gasteiger partial charge in [0.1, 0.15) is 0 Å². The molecule has 1 fully saturated rings. The maximum absolute atomic E-state index is 12.2. The Morgan fingerprint density at radius 1 is 0.917 bits per heavy atom. The van der Waals surface area contributed by atoms with Crippen molar-refractivity contribution in [2.75, 3.05) is 5.32 Å². The molecular weight excluding hydrogens is 298 g/mol. The zero-order valence-electron chi connectivity index (χ0n) is 14.4. The van der Waals surface area contributed by atoms with Gasteiger partial charge < -0.3 is 5.32 Å². The molecule has 0 unspecified atom stereocenters. The van der Waals surface area contributed by atoms with E-state index in [-0.39, 0.29) is 10.9 Å². The minimum atomic E-state index is -0.332. The Labute approximate surface area is 142 Å². The van der Waals surface area contributed by atoms with Crippen LogP contribution in [0.15, 0.2) is 27.8 Å². The zero-order chi connectivity index (χ0) is 16.7. The van der Waals surface area contributed by atoms with E-state index in [0.29, 0.717) is 17.3 Å². The van der Waals surface area contributed by atoms with E-state index in [0.717, 1.165) is 37.2 Å². The van der Waals surface area contributed by atoms with Gasteiger partial charge in [0.2, 0.25) is 10.9 Å². The number of anilines is 1. The highest BCUT2D eigenvalue weighted by Gasteiger charge is 2.26. The fourth-order valence-corrected chi connectivity index (χ4v) is 4.30. The molecule has 2 aromatic rings. The summed E-state index contributed by atoms with van der Waals surface area (Å²) in [6, 6.07) is 6.64. The summed E-state index contributed by atoms with van der Waals surface area (Å²) in [6.45, 7) is 2.28. The van der Waals surface area contributed by atoms with Gasteiger partial charge in [0.15, 0.2) is 0 Å². The molecule has 0 spiro atoms. The zero-order valence-corrected chi connectivity index (χ0v) is 14.4. The van der Waals surface area contributed by atoms with Crippen LogP contribution < -0.4 is 16.2 Å². The highest BCUT2D eigenvalue weighted by molar-refractivity contribution is 5.82. The first-order valence-electron chi connectivity index (χ1n) is 9.35. The van der Waals surface area contributed by atoms with Crippen LogP contribution in [-0.2, 0) is 12.8 Å². The molecule has 1 N–H and O–H groups in total. The van der Waals surface area contributed by atoms with Gasteiger partial charge in [-0.05, 0) is 74.0 Å². The SMILES string of the molecule is CC1CCC(Nc2c(-c3ccc4c(c3)CCCC4)c(=O)c2=O)CC1. The molecule has 4 rings (SSSR count).